The van der Waals surface area contributed by atoms with Crippen LogP contribution in [-0.4, -0.2) is 25.8 Å². The maximum Gasteiger partial charge on any atom is 0.289 e. The predicted molar refractivity (Wildman–Crippen MR) is 101 cm³/mol. The van der Waals surface area contributed by atoms with Crippen molar-refractivity contribution in [3.8, 4) is 0 Å². The Morgan fingerprint density at radius 2 is 1.90 bits per heavy atom. The summed E-state index contributed by atoms with van der Waals surface area (Å²) in [7, 11) is -4.24. The summed E-state index contributed by atoms with van der Waals surface area (Å²) in [4.78, 5) is 13.4. The van der Waals surface area contributed by atoms with Gasteiger partial charge in [-0.25, -0.2) is 17.2 Å². The smallest absolute Gasteiger partial charge is 0.289 e. The van der Waals surface area contributed by atoms with Crippen LogP contribution in [-0.2, 0) is 23.0 Å². The fourth-order valence-corrected chi connectivity index (χ4v) is 4.36. The zero-order valence-electron chi connectivity index (χ0n) is 15.1. The van der Waals surface area contributed by atoms with Gasteiger partial charge in [0.1, 0.15) is 16.5 Å². The molecular formula is C20H16F2N2O4S. The van der Waals surface area contributed by atoms with E-state index in [1.54, 1.807) is 35.2 Å². The third-order valence-electron chi connectivity index (χ3n) is 4.67. The normalized spacial score (nSPS) is 13.8. The molecule has 0 saturated carbocycles. The quantitative estimate of drug-likeness (QED) is 0.703. The van der Waals surface area contributed by atoms with E-state index >= 15 is 0 Å². The number of rotatable bonds is 4. The fraction of sp³-hybridized carbons (Fsp3) is 0.150. The Morgan fingerprint density at radius 1 is 1.07 bits per heavy atom. The van der Waals surface area contributed by atoms with Crippen LogP contribution in [0, 0.1) is 11.6 Å². The molecule has 1 aromatic heterocycles. The fourth-order valence-electron chi connectivity index (χ4n) is 3.25. The van der Waals surface area contributed by atoms with Crippen molar-refractivity contribution >= 4 is 21.6 Å². The number of nitrogens with zero attached hydrogens (tertiary/aromatic N) is 1. The van der Waals surface area contributed by atoms with Crippen LogP contribution in [0.1, 0.15) is 21.7 Å². The van der Waals surface area contributed by atoms with Gasteiger partial charge in [0.05, 0.1) is 6.26 Å². The Labute approximate surface area is 165 Å². The minimum absolute atomic E-state index is 0.222. The largest absolute Gasteiger partial charge is 0.459 e. The average molecular weight is 418 g/mol. The van der Waals surface area contributed by atoms with Crippen molar-refractivity contribution in [3.63, 3.8) is 0 Å². The summed E-state index contributed by atoms with van der Waals surface area (Å²) in [5.74, 6) is -2.06. The standard InChI is InChI=1S/C20H16F2N2O4S/c21-15-4-6-19(17(22)11-15)29(26,27)23-16-5-3-13-7-8-24(12-14(13)10-16)20(25)18-2-1-9-28-18/h1-6,9-11,23H,7-8,12H2. The van der Waals surface area contributed by atoms with E-state index in [-0.39, 0.29) is 23.9 Å². The van der Waals surface area contributed by atoms with Crippen molar-refractivity contribution in [2.75, 3.05) is 11.3 Å². The maximum absolute atomic E-state index is 13.9. The molecule has 1 aliphatic heterocycles. The summed E-state index contributed by atoms with van der Waals surface area (Å²) in [5.41, 5.74) is 1.99. The lowest BCUT2D eigenvalue weighted by Gasteiger charge is -2.28. The van der Waals surface area contributed by atoms with Gasteiger partial charge in [-0.1, -0.05) is 6.07 Å². The van der Waals surface area contributed by atoms with E-state index in [4.69, 9.17) is 4.42 Å². The van der Waals surface area contributed by atoms with Gasteiger partial charge in [-0.2, -0.15) is 0 Å². The number of halogens is 2. The molecule has 0 spiro atoms. The van der Waals surface area contributed by atoms with Crippen LogP contribution in [0.25, 0.3) is 0 Å². The van der Waals surface area contributed by atoms with E-state index in [9.17, 15) is 22.0 Å². The summed E-state index contributed by atoms with van der Waals surface area (Å²) in [5, 5.41) is 0. The van der Waals surface area contributed by atoms with Crippen LogP contribution >= 0.6 is 0 Å². The lowest BCUT2D eigenvalue weighted by atomic mass is 9.99. The molecule has 9 heteroatoms. The molecule has 0 bridgehead atoms. The Morgan fingerprint density at radius 3 is 2.62 bits per heavy atom. The average Bonchev–Trinajstić information content (AvgIpc) is 3.21. The minimum atomic E-state index is -4.24. The molecule has 4 rings (SSSR count). The van der Waals surface area contributed by atoms with Gasteiger partial charge in [-0.3, -0.25) is 9.52 Å². The zero-order valence-corrected chi connectivity index (χ0v) is 15.9. The second-order valence-corrected chi connectivity index (χ2v) is 8.27. The number of anilines is 1. The van der Waals surface area contributed by atoms with Gasteiger partial charge in [-0.05, 0) is 53.9 Å². The Bertz CT molecular complexity index is 1180. The highest BCUT2D eigenvalue weighted by Gasteiger charge is 2.25. The van der Waals surface area contributed by atoms with Gasteiger partial charge in [-0.15, -0.1) is 0 Å². The molecule has 6 nitrogen and oxygen atoms in total. The van der Waals surface area contributed by atoms with Gasteiger partial charge in [0, 0.05) is 24.8 Å². The number of amides is 1. The molecule has 1 aliphatic rings. The van der Waals surface area contributed by atoms with Crippen molar-refractivity contribution in [2.24, 2.45) is 0 Å². The topological polar surface area (TPSA) is 79.6 Å². The van der Waals surface area contributed by atoms with Gasteiger partial charge in [0.25, 0.3) is 15.9 Å². The van der Waals surface area contributed by atoms with Gasteiger partial charge in [0.2, 0.25) is 0 Å². The summed E-state index contributed by atoms with van der Waals surface area (Å²) in [6, 6.07) is 10.4. The van der Waals surface area contributed by atoms with Gasteiger partial charge in [0.15, 0.2) is 5.76 Å². The Hall–Kier alpha value is -3.20. The molecule has 0 atom stereocenters. The second-order valence-electron chi connectivity index (χ2n) is 6.62. The molecule has 0 unspecified atom stereocenters. The number of hydrogen-bond donors (Lipinski definition) is 1. The molecule has 29 heavy (non-hydrogen) atoms. The molecule has 0 fully saturated rings. The molecule has 1 amide bonds. The molecule has 0 saturated heterocycles. The lowest BCUT2D eigenvalue weighted by Crippen LogP contribution is -2.35. The van der Waals surface area contributed by atoms with Crippen LogP contribution < -0.4 is 4.72 Å². The second kappa shape index (κ2) is 7.32. The highest BCUT2D eigenvalue weighted by Crippen LogP contribution is 2.26. The van der Waals surface area contributed by atoms with E-state index in [2.05, 4.69) is 4.72 Å². The highest BCUT2D eigenvalue weighted by molar-refractivity contribution is 7.92. The number of sulfonamides is 1. The number of nitrogens with one attached hydrogen (secondary N) is 1. The number of benzene rings is 2. The van der Waals surface area contributed by atoms with Crippen LogP contribution in [0.3, 0.4) is 0 Å². The predicted octanol–water partition coefficient (Wildman–Crippen LogP) is 3.56. The first-order chi connectivity index (χ1) is 13.8. The molecule has 2 heterocycles. The number of hydrogen-bond acceptors (Lipinski definition) is 4. The van der Waals surface area contributed by atoms with E-state index in [0.29, 0.717) is 19.0 Å². The van der Waals surface area contributed by atoms with Crippen LogP contribution in [0.5, 0.6) is 0 Å². The first-order valence-electron chi connectivity index (χ1n) is 8.76. The van der Waals surface area contributed by atoms with Crippen molar-refractivity contribution in [3.05, 3.63) is 83.3 Å². The summed E-state index contributed by atoms with van der Waals surface area (Å²) in [6.07, 6.45) is 2.04. The summed E-state index contributed by atoms with van der Waals surface area (Å²) < 4.78 is 59.4. The summed E-state index contributed by atoms with van der Waals surface area (Å²) in [6.45, 7) is 0.799. The molecule has 1 N–H and O–H groups in total. The first-order valence-corrected chi connectivity index (χ1v) is 10.2. The Kier molecular flexibility index (Phi) is 4.83. The first kappa shape index (κ1) is 19.1. The van der Waals surface area contributed by atoms with Crippen LogP contribution in [0.15, 0.2) is 64.1 Å². The number of fused-ring (bicyclic) bond motifs is 1. The van der Waals surface area contributed by atoms with E-state index in [1.807, 2.05) is 0 Å². The molecule has 0 radical (unpaired) electrons. The van der Waals surface area contributed by atoms with Crippen molar-refractivity contribution in [1.82, 2.24) is 4.90 Å². The maximum atomic E-state index is 13.9. The van der Waals surface area contributed by atoms with Gasteiger partial charge < -0.3 is 9.32 Å². The highest BCUT2D eigenvalue weighted by atomic mass is 32.2. The van der Waals surface area contributed by atoms with Crippen molar-refractivity contribution < 1.29 is 26.4 Å². The van der Waals surface area contributed by atoms with Crippen molar-refractivity contribution in [1.29, 1.82) is 0 Å². The summed E-state index contributed by atoms with van der Waals surface area (Å²) >= 11 is 0. The molecular weight excluding hydrogens is 402 g/mol. The Balaban J connectivity index is 1.57. The number of carbonyl (C=O) groups excluding carboxylic acids is 1. The van der Waals surface area contributed by atoms with Crippen LogP contribution in [0.4, 0.5) is 14.5 Å². The number of carbonyl (C=O) groups is 1. The SMILES string of the molecule is O=C(c1ccco1)N1CCc2ccc(NS(=O)(=O)c3ccc(F)cc3F)cc2C1. The van der Waals surface area contributed by atoms with Gasteiger partial charge >= 0.3 is 0 Å². The third kappa shape index (κ3) is 3.86. The molecule has 2 aromatic carbocycles. The number of furan rings is 1. The zero-order chi connectivity index (χ0) is 20.6. The molecule has 3 aromatic rings. The lowest BCUT2D eigenvalue weighted by molar-refractivity contribution is 0.0702. The van der Waals surface area contributed by atoms with Crippen LogP contribution in [0.2, 0.25) is 0 Å². The van der Waals surface area contributed by atoms with E-state index < -0.39 is 26.6 Å². The van der Waals surface area contributed by atoms with Crippen molar-refractivity contribution in [2.45, 2.75) is 17.9 Å². The monoisotopic (exact) mass is 418 g/mol. The van der Waals surface area contributed by atoms with E-state index in [0.717, 1.165) is 23.3 Å². The minimum Gasteiger partial charge on any atom is -0.459 e. The third-order valence-corrected chi connectivity index (χ3v) is 6.09. The molecule has 0 aliphatic carbocycles. The molecule has 150 valence electrons. The van der Waals surface area contributed by atoms with E-state index in [1.165, 1.54) is 6.26 Å².